The molecule has 0 amide bonds. The first-order valence-electron chi connectivity index (χ1n) is 12.4. The lowest BCUT2D eigenvalue weighted by molar-refractivity contribution is 0.0898. The molecule has 0 radical (unpaired) electrons. The molecule has 0 unspecified atom stereocenters. The molecule has 0 saturated carbocycles. The predicted octanol–water partition coefficient (Wildman–Crippen LogP) is 2.10. The van der Waals surface area contributed by atoms with E-state index < -0.39 is 27.2 Å². The maximum Gasteiger partial charge on any atom is 0.243 e. The lowest BCUT2D eigenvalue weighted by Crippen LogP contribution is -2.51. The molecule has 2 aliphatic heterocycles. The largest absolute Gasteiger partial charge is 0.494 e. The van der Waals surface area contributed by atoms with Crippen LogP contribution >= 0.6 is 0 Å². The van der Waals surface area contributed by atoms with Crippen molar-refractivity contribution in [1.29, 1.82) is 0 Å². The lowest BCUT2D eigenvalue weighted by atomic mass is 10.1. The average molecular weight is 564 g/mol. The van der Waals surface area contributed by atoms with Crippen molar-refractivity contribution in [2.24, 2.45) is 0 Å². The summed E-state index contributed by atoms with van der Waals surface area (Å²) < 4.78 is 67.8. The summed E-state index contributed by atoms with van der Waals surface area (Å²) in [6.07, 6.45) is 3.02. The van der Waals surface area contributed by atoms with Crippen molar-refractivity contribution in [3.05, 3.63) is 42.2 Å². The Balaban J connectivity index is 1.52. The average Bonchev–Trinajstić information content (AvgIpc) is 3.62. The summed E-state index contributed by atoms with van der Waals surface area (Å²) in [6.45, 7) is 0.973. The van der Waals surface area contributed by atoms with Gasteiger partial charge in [0.1, 0.15) is 28.5 Å². The van der Waals surface area contributed by atoms with Crippen molar-refractivity contribution >= 4 is 21.9 Å². The van der Waals surface area contributed by atoms with Gasteiger partial charge in [-0.15, -0.1) is 10.2 Å². The standard InChI is InChI=1S/C24H30FN7O6S/c1-35-16-10-17(14-31(13-16)23-26-11-15(25)12-27-23)39(33,34)30-24-29-28-22(20-8-5-9-38-20)32(24)21-18(36-2)6-4-7-19(21)37-3/h4,6-7,11-12,16-17,20H,5,8-10,13-14H2,1-3H3,(H,29,30)/t16-,17-,20-/m1/s1. The van der Waals surface area contributed by atoms with Gasteiger partial charge in [0.15, 0.2) is 11.6 Å². The van der Waals surface area contributed by atoms with Crippen molar-refractivity contribution in [2.75, 3.05) is 50.6 Å². The van der Waals surface area contributed by atoms with Crippen LogP contribution in [-0.2, 0) is 19.5 Å². The number of halogens is 1. The topological polar surface area (TPSA) is 143 Å². The first kappa shape index (κ1) is 27.0. The molecule has 2 saturated heterocycles. The number of benzene rings is 1. The second-order valence-electron chi connectivity index (χ2n) is 9.20. The molecule has 5 rings (SSSR count). The Hall–Kier alpha value is -3.56. The summed E-state index contributed by atoms with van der Waals surface area (Å²) in [6, 6.07) is 5.24. The van der Waals surface area contributed by atoms with Gasteiger partial charge < -0.3 is 23.8 Å². The van der Waals surface area contributed by atoms with E-state index in [4.69, 9.17) is 18.9 Å². The minimum absolute atomic E-state index is 0.0348. The Labute approximate surface area is 225 Å². The molecule has 2 fully saturated rings. The first-order chi connectivity index (χ1) is 18.8. The van der Waals surface area contributed by atoms with E-state index in [1.807, 2.05) is 0 Å². The van der Waals surface area contributed by atoms with Crippen molar-refractivity contribution < 1.29 is 31.8 Å². The molecule has 0 spiro atoms. The molecule has 3 atom stereocenters. The van der Waals surface area contributed by atoms with E-state index in [9.17, 15) is 12.8 Å². The molecule has 2 aliphatic rings. The van der Waals surface area contributed by atoms with E-state index in [0.29, 0.717) is 42.6 Å². The van der Waals surface area contributed by atoms with E-state index in [1.54, 1.807) is 27.7 Å². The highest BCUT2D eigenvalue weighted by Crippen LogP contribution is 2.39. The zero-order chi connectivity index (χ0) is 27.6. The van der Waals surface area contributed by atoms with Crippen molar-refractivity contribution in [3.63, 3.8) is 0 Å². The minimum Gasteiger partial charge on any atom is -0.494 e. The number of hydrogen-bond donors (Lipinski definition) is 1. The summed E-state index contributed by atoms with van der Waals surface area (Å²) in [5.41, 5.74) is 0.440. The van der Waals surface area contributed by atoms with Gasteiger partial charge in [0.25, 0.3) is 0 Å². The lowest BCUT2D eigenvalue weighted by Gasteiger charge is -2.36. The second-order valence-corrected chi connectivity index (χ2v) is 11.2. The van der Waals surface area contributed by atoms with Crippen LogP contribution in [0.15, 0.2) is 30.6 Å². The summed E-state index contributed by atoms with van der Waals surface area (Å²) in [7, 11) is 0.476. The van der Waals surface area contributed by atoms with Gasteiger partial charge in [0, 0.05) is 26.8 Å². The molecule has 15 heteroatoms. The zero-order valence-corrected chi connectivity index (χ0v) is 22.6. The highest BCUT2D eigenvalue weighted by molar-refractivity contribution is 7.93. The molecule has 13 nitrogen and oxygen atoms in total. The number of piperidine rings is 1. The van der Waals surface area contributed by atoms with Crippen LogP contribution in [0.25, 0.3) is 5.69 Å². The van der Waals surface area contributed by atoms with Crippen molar-refractivity contribution in [2.45, 2.75) is 36.7 Å². The number of aromatic nitrogens is 5. The number of ether oxygens (including phenoxy) is 4. The van der Waals surface area contributed by atoms with Gasteiger partial charge in [0.2, 0.25) is 21.9 Å². The maximum absolute atomic E-state index is 13.8. The third-order valence-corrected chi connectivity index (χ3v) is 8.49. The van der Waals surface area contributed by atoms with Crippen LogP contribution in [0.5, 0.6) is 11.5 Å². The molecule has 4 heterocycles. The van der Waals surface area contributed by atoms with E-state index in [0.717, 1.165) is 18.8 Å². The Bertz CT molecular complexity index is 1380. The second kappa shape index (κ2) is 11.3. The van der Waals surface area contributed by atoms with E-state index in [2.05, 4.69) is 24.9 Å². The molecule has 1 aromatic carbocycles. The summed E-state index contributed by atoms with van der Waals surface area (Å²) >= 11 is 0. The smallest absolute Gasteiger partial charge is 0.243 e. The molecule has 0 bridgehead atoms. The number of rotatable bonds is 9. The highest BCUT2D eigenvalue weighted by atomic mass is 32.2. The van der Waals surface area contributed by atoms with Crippen LogP contribution in [0.4, 0.5) is 16.3 Å². The fraction of sp³-hybridized carbons (Fsp3) is 0.500. The van der Waals surface area contributed by atoms with E-state index in [-0.39, 0.29) is 31.0 Å². The number of methoxy groups -OCH3 is 3. The minimum atomic E-state index is -4.06. The molecule has 39 heavy (non-hydrogen) atoms. The SMILES string of the molecule is COc1cccc(OC)c1-n1c(NS(=O)(=O)[C@@H]2C[C@@H](OC)CN(c3ncc(F)cn3)C2)nnc1[C@H]1CCCO1. The van der Waals surface area contributed by atoms with Crippen LogP contribution in [0, 0.1) is 5.82 Å². The van der Waals surface area contributed by atoms with Crippen LogP contribution in [0.2, 0.25) is 0 Å². The normalized spacial score (nSPS) is 21.6. The van der Waals surface area contributed by atoms with Crippen LogP contribution in [-0.4, -0.2) is 85.5 Å². The molecule has 210 valence electrons. The van der Waals surface area contributed by atoms with Gasteiger partial charge in [-0.3, -0.25) is 9.29 Å². The number of sulfonamides is 1. The fourth-order valence-corrected chi connectivity index (χ4v) is 6.27. The molecule has 0 aliphatic carbocycles. The van der Waals surface area contributed by atoms with E-state index in [1.165, 1.54) is 21.3 Å². The third kappa shape index (κ3) is 5.46. The molecule has 2 aromatic heterocycles. The Morgan fingerprint density at radius 1 is 1.08 bits per heavy atom. The quantitative estimate of drug-likeness (QED) is 0.409. The van der Waals surface area contributed by atoms with E-state index >= 15 is 0 Å². The predicted molar refractivity (Wildman–Crippen MR) is 138 cm³/mol. The summed E-state index contributed by atoms with van der Waals surface area (Å²) in [4.78, 5) is 9.68. The van der Waals surface area contributed by atoms with Gasteiger partial charge >= 0.3 is 0 Å². The molecule has 1 N–H and O–H groups in total. The Morgan fingerprint density at radius 2 is 1.79 bits per heavy atom. The van der Waals surface area contributed by atoms with Crippen LogP contribution < -0.4 is 19.1 Å². The number of para-hydroxylation sites is 1. The first-order valence-corrected chi connectivity index (χ1v) is 13.9. The number of nitrogens with zero attached hydrogens (tertiary/aromatic N) is 6. The fourth-order valence-electron chi connectivity index (χ4n) is 4.87. The maximum atomic E-state index is 13.8. The zero-order valence-electron chi connectivity index (χ0n) is 21.8. The summed E-state index contributed by atoms with van der Waals surface area (Å²) in [5.74, 6) is 0.885. The van der Waals surface area contributed by atoms with Crippen LogP contribution in [0.1, 0.15) is 31.2 Å². The molecule has 3 aromatic rings. The molecular weight excluding hydrogens is 533 g/mol. The number of anilines is 2. The van der Waals surface area contributed by atoms with Crippen molar-refractivity contribution in [1.82, 2.24) is 24.7 Å². The van der Waals surface area contributed by atoms with Gasteiger partial charge in [-0.05, 0) is 31.4 Å². The van der Waals surface area contributed by atoms with Gasteiger partial charge in [0.05, 0.1) is 32.7 Å². The van der Waals surface area contributed by atoms with Crippen LogP contribution in [0.3, 0.4) is 0 Å². The van der Waals surface area contributed by atoms with Gasteiger partial charge in [-0.1, -0.05) is 6.07 Å². The van der Waals surface area contributed by atoms with Gasteiger partial charge in [-0.2, -0.15) is 0 Å². The third-order valence-electron chi connectivity index (χ3n) is 6.80. The monoisotopic (exact) mass is 563 g/mol. The highest BCUT2D eigenvalue weighted by Gasteiger charge is 2.38. The Kier molecular flexibility index (Phi) is 7.81. The van der Waals surface area contributed by atoms with Gasteiger partial charge in [-0.25, -0.2) is 22.8 Å². The van der Waals surface area contributed by atoms with Crippen molar-refractivity contribution in [3.8, 4) is 17.2 Å². The Morgan fingerprint density at radius 3 is 2.41 bits per heavy atom. The molecular formula is C24H30FN7O6S. The number of hydrogen-bond acceptors (Lipinski definition) is 11. The number of nitrogens with one attached hydrogen (secondary N) is 1. The summed E-state index contributed by atoms with van der Waals surface area (Å²) in [5, 5.41) is 7.60.